The molecule has 0 aromatic heterocycles. The fourth-order valence-electron chi connectivity index (χ4n) is 2.79. The number of nitrogens with one attached hydrogen (secondary N) is 1. The summed E-state index contributed by atoms with van der Waals surface area (Å²) < 4.78 is 30.8. The van der Waals surface area contributed by atoms with Crippen LogP contribution in [0, 0.1) is 0 Å². The second kappa shape index (κ2) is 10.9. The first-order valence-electron chi connectivity index (χ1n) is 9.80. The van der Waals surface area contributed by atoms with Gasteiger partial charge in [0.05, 0.1) is 4.90 Å². The maximum atomic E-state index is 12.2. The quantitative estimate of drug-likeness (QED) is 0.558. The smallest absolute Gasteiger partial charge is 0.306 e. The van der Waals surface area contributed by atoms with Gasteiger partial charge in [0.25, 0.3) is 5.91 Å². The number of aryl methyl sites for hydroxylation is 1. The molecule has 0 atom stereocenters. The molecule has 0 saturated carbocycles. The van der Waals surface area contributed by atoms with Gasteiger partial charge in [0.1, 0.15) is 0 Å². The third kappa shape index (κ3) is 7.37. The molecule has 0 aliphatic rings. The van der Waals surface area contributed by atoms with Crippen molar-refractivity contribution >= 4 is 27.6 Å². The van der Waals surface area contributed by atoms with Gasteiger partial charge in [-0.2, -0.15) is 0 Å². The molecule has 0 heterocycles. The van der Waals surface area contributed by atoms with Crippen molar-refractivity contribution in [1.29, 1.82) is 0 Å². The van der Waals surface area contributed by atoms with Crippen molar-refractivity contribution in [2.75, 3.05) is 39.7 Å². The molecule has 2 rings (SSSR count). The summed E-state index contributed by atoms with van der Waals surface area (Å²) >= 11 is 0. The van der Waals surface area contributed by atoms with E-state index in [2.05, 4.69) is 4.72 Å². The predicted octanol–water partition coefficient (Wildman–Crippen LogP) is 1.80. The average Bonchev–Trinajstić information content (AvgIpc) is 2.76. The molecule has 2 aromatic rings. The maximum Gasteiger partial charge on any atom is 0.306 e. The number of carbonyl (C=O) groups is 2. The van der Waals surface area contributed by atoms with Crippen LogP contribution in [0.15, 0.2) is 53.4 Å². The zero-order chi connectivity index (χ0) is 23.0. The molecule has 9 heteroatoms. The number of carbonyl (C=O) groups excluding carboxylic acids is 2. The maximum absolute atomic E-state index is 12.2. The van der Waals surface area contributed by atoms with Gasteiger partial charge < -0.3 is 14.5 Å². The van der Waals surface area contributed by atoms with Crippen LogP contribution in [0.5, 0.6) is 0 Å². The normalized spacial score (nSPS) is 11.1. The lowest BCUT2D eigenvalue weighted by atomic mass is 10.1. The molecule has 1 N–H and O–H groups in total. The molecule has 31 heavy (non-hydrogen) atoms. The molecule has 168 valence electrons. The van der Waals surface area contributed by atoms with Gasteiger partial charge in [-0.3, -0.25) is 9.59 Å². The van der Waals surface area contributed by atoms with E-state index in [-0.39, 0.29) is 23.8 Å². The SMILES string of the molecule is CNS(=O)(=O)c1ccc(CCC(=O)OCC(=O)N(C)Cc2ccc(N(C)C)cc2)cc1. The van der Waals surface area contributed by atoms with Gasteiger partial charge in [-0.05, 0) is 48.9 Å². The number of rotatable bonds is 10. The zero-order valence-corrected chi connectivity index (χ0v) is 19.1. The van der Waals surface area contributed by atoms with Crippen LogP contribution in [0.25, 0.3) is 0 Å². The summed E-state index contributed by atoms with van der Waals surface area (Å²) in [6.45, 7) is 0.108. The van der Waals surface area contributed by atoms with Crippen LogP contribution in [-0.4, -0.2) is 60.0 Å². The summed E-state index contributed by atoms with van der Waals surface area (Å²) in [7, 11) is 3.44. The van der Waals surface area contributed by atoms with Crippen LogP contribution in [0.2, 0.25) is 0 Å². The third-order valence-electron chi connectivity index (χ3n) is 4.78. The lowest BCUT2D eigenvalue weighted by molar-refractivity contribution is -0.151. The molecule has 2 aromatic carbocycles. The fraction of sp³-hybridized carbons (Fsp3) is 0.364. The predicted molar refractivity (Wildman–Crippen MR) is 119 cm³/mol. The van der Waals surface area contributed by atoms with Crippen molar-refractivity contribution in [3.8, 4) is 0 Å². The Morgan fingerprint density at radius 3 is 2.06 bits per heavy atom. The monoisotopic (exact) mass is 447 g/mol. The Balaban J connectivity index is 1.76. The summed E-state index contributed by atoms with van der Waals surface area (Å²) in [6.07, 6.45) is 0.488. The van der Waals surface area contributed by atoms with Crippen molar-refractivity contribution in [2.24, 2.45) is 0 Å². The third-order valence-corrected chi connectivity index (χ3v) is 6.21. The Kier molecular flexibility index (Phi) is 8.58. The molecular weight excluding hydrogens is 418 g/mol. The summed E-state index contributed by atoms with van der Waals surface area (Å²) in [5.41, 5.74) is 2.86. The summed E-state index contributed by atoms with van der Waals surface area (Å²) in [6, 6.07) is 14.1. The minimum atomic E-state index is -3.49. The van der Waals surface area contributed by atoms with Crippen LogP contribution in [0.3, 0.4) is 0 Å². The van der Waals surface area contributed by atoms with E-state index in [1.165, 1.54) is 24.1 Å². The highest BCUT2D eigenvalue weighted by molar-refractivity contribution is 7.89. The van der Waals surface area contributed by atoms with E-state index >= 15 is 0 Å². The minimum Gasteiger partial charge on any atom is -0.456 e. The van der Waals surface area contributed by atoms with Crippen molar-refractivity contribution in [2.45, 2.75) is 24.3 Å². The number of hydrogen-bond acceptors (Lipinski definition) is 6. The molecule has 0 aliphatic carbocycles. The Bertz CT molecular complexity index is 987. The molecule has 0 fully saturated rings. The second-order valence-electron chi connectivity index (χ2n) is 7.32. The molecule has 8 nitrogen and oxygen atoms in total. The second-order valence-corrected chi connectivity index (χ2v) is 9.21. The Morgan fingerprint density at radius 1 is 0.935 bits per heavy atom. The lowest BCUT2D eigenvalue weighted by Crippen LogP contribution is -2.30. The molecule has 0 radical (unpaired) electrons. The van der Waals surface area contributed by atoms with Gasteiger partial charge in [-0.25, -0.2) is 13.1 Å². The molecule has 0 saturated heterocycles. The molecular formula is C22H29N3O5S. The number of benzene rings is 2. The number of ether oxygens (including phenoxy) is 1. The van der Waals surface area contributed by atoms with Gasteiger partial charge in [0, 0.05) is 39.8 Å². The van der Waals surface area contributed by atoms with Crippen LogP contribution in [0.4, 0.5) is 5.69 Å². The van der Waals surface area contributed by atoms with E-state index in [9.17, 15) is 18.0 Å². The van der Waals surface area contributed by atoms with Crippen molar-refractivity contribution < 1.29 is 22.7 Å². The highest BCUT2D eigenvalue weighted by Gasteiger charge is 2.14. The van der Waals surface area contributed by atoms with Gasteiger partial charge >= 0.3 is 5.97 Å². The van der Waals surface area contributed by atoms with Gasteiger partial charge in [0.15, 0.2) is 6.61 Å². The fourth-order valence-corrected chi connectivity index (χ4v) is 3.52. The summed E-state index contributed by atoms with van der Waals surface area (Å²) in [4.78, 5) is 27.9. The van der Waals surface area contributed by atoms with Crippen molar-refractivity contribution in [3.63, 3.8) is 0 Å². The highest BCUT2D eigenvalue weighted by atomic mass is 32.2. The first-order chi connectivity index (χ1) is 14.6. The van der Waals surface area contributed by atoms with E-state index in [1.807, 2.05) is 43.3 Å². The van der Waals surface area contributed by atoms with Crippen LogP contribution in [-0.2, 0) is 37.3 Å². The van der Waals surface area contributed by atoms with Crippen LogP contribution < -0.4 is 9.62 Å². The Morgan fingerprint density at radius 2 is 1.52 bits per heavy atom. The topological polar surface area (TPSA) is 96.0 Å². The molecule has 0 unspecified atom stereocenters. The average molecular weight is 448 g/mol. The number of nitrogens with zero attached hydrogens (tertiary/aromatic N) is 2. The summed E-state index contributed by atoms with van der Waals surface area (Å²) in [5.74, 6) is -0.768. The van der Waals surface area contributed by atoms with E-state index in [0.29, 0.717) is 13.0 Å². The zero-order valence-electron chi connectivity index (χ0n) is 18.3. The van der Waals surface area contributed by atoms with E-state index in [1.54, 1.807) is 19.2 Å². The lowest BCUT2D eigenvalue weighted by Gasteiger charge is -2.18. The number of likely N-dealkylation sites (N-methyl/N-ethyl adjacent to an activating group) is 1. The Hall–Kier alpha value is -2.91. The van der Waals surface area contributed by atoms with E-state index in [0.717, 1.165) is 16.8 Å². The van der Waals surface area contributed by atoms with Crippen LogP contribution >= 0.6 is 0 Å². The van der Waals surface area contributed by atoms with Gasteiger partial charge in [-0.1, -0.05) is 24.3 Å². The van der Waals surface area contributed by atoms with E-state index < -0.39 is 16.0 Å². The molecule has 1 amide bonds. The standard InChI is InChI=1S/C22H29N3O5S/c1-23-31(28,29)20-12-7-17(8-13-20)9-14-22(27)30-16-21(26)25(4)15-18-5-10-19(11-6-18)24(2)3/h5-8,10-13,23H,9,14-16H2,1-4H3. The summed E-state index contributed by atoms with van der Waals surface area (Å²) in [5, 5.41) is 0. The van der Waals surface area contributed by atoms with Crippen LogP contribution in [0.1, 0.15) is 17.5 Å². The number of anilines is 1. The molecule has 0 spiro atoms. The van der Waals surface area contributed by atoms with Gasteiger partial charge in [-0.15, -0.1) is 0 Å². The largest absolute Gasteiger partial charge is 0.456 e. The first-order valence-corrected chi connectivity index (χ1v) is 11.3. The number of esters is 1. The van der Waals surface area contributed by atoms with Crippen molar-refractivity contribution in [1.82, 2.24) is 9.62 Å². The number of amides is 1. The Labute approximate surface area is 183 Å². The number of hydrogen-bond donors (Lipinski definition) is 1. The minimum absolute atomic E-state index is 0.0983. The molecule has 0 bridgehead atoms. The highest BCUT2D eigenvalue weighted by Crippen LogP contribution is 2.14. The van der Waals surface area contributed by atoms with E-state index in [4.69, 9.17) is 4.74 Å². The van der Waals surface area contributed by atoms with Crippen molar-refractivity contribution in [3.05, 3.63) is 59.7 Å². The number of sulfonamides is 1. The van der Waals surface area contributed by atoms with Gasteiger partial charge in [0.2, 0.25) is 10.0 Å². The first kappa shape index (κ1) is 24.4. The molecule has 0 aliphatic heterocycles.